The van der Waals surface area contributed by atoms with Crippen LogP contribution in [0.4, 0.5) is 0 Å². The third-order valence-corrected chi connectivity index (χ3v) is 6.43. The molecular formula is C14H29O2P. The Kier molecular flexibility index (Phi) is 9.63. The van der Waals surface area contributed by atoms with Crippen LogP contribution in [-0.4, -0.2) is 18.9 Å². The monoisotopic (exact) mass is 260 g/mol. The Morgan fingerprint density at radius 2 is 1.59 bits per heavy atom. The first-order chi connectivity index (χ1) is 8.10. The molecule has 102 valence electrons. The van der Waals surface area contributed by atoms with E-state index in [1.807, 2.05) is 6.92 Å². The minimum atomic E-state index is -2.15. The van der Waals surface area contributed by atoms with Crippen LogP contribution in [0.15, 0.2) is 11.6 Å². The lowest BCUT2D eigenvalue weighted by Crippen LogP contribution is -1.98. The van der Waals surface area contributed by atoms with Gasteiger partial charge in [-0.3, -0.25) is 0 Å². The lowest BCUT2D eigenvalue weighted by molar-refractivity contribution is 0.248. The van der Waals surface area contributed by atoms with Gasteiger partial charge in [0.2, 0.25) is 0 Å². The second-order valence-electron chi connectivity index (χ2n) is 4.67. The molecular weight excluding hydrogens is 231 g/mol. The van der Waals surface area contributed by atoms with Crippen molar-refractivity contribution in [3.05, 3.63) is 11.6 Å². The first kappa shape index (κ1) is 16.8. The smallest absolute Gasteiger partial charge is 0.114 e. The molecule has 0 amide bonds. The van der Waals surface area contributed by atoms with Gasteiger partial charge in [0, 0.05) is 17.6 Å². The van der Waals surface area contributed by atoms with Gasteiger partial charge in [0.1, 0.15) is 7.14 Å². The van der Waals surface area contributed by atoms with Crippen molar-refractivity contribution >= 4 is 7.14 Å². The summed E-state index contributed by atoms with van der Waals surface area (Å²) in [6, 6.07) is 0. The van der Waals surface area contributed by atoms with Gasteiger partial charge in [-0.2, -0.15) is 0 Å². The van der Waals surface area contributed by atoms with E-state index in [9.17, 15) is 4.57 Å². The molecule has 17 heavy (non-hydrogen) atoms. The third kappa shape index (κ3) is 6.93. The molecule has 0 aromatic rings. The molecule has 0 aromatic carbocycles. The first-order valence-electron chi connectivity index (χ1n) is 6.97. The minimum Gasteiger partial charge on any atom is -0.501 e. The number of unbranched alkanes of at least 4 members (excludes halogenated alkanes) is 2. The largest absolute Gasteiger partial charge is 0.501 e. The van der Waals surface area contributed by atoms with Crippen molar-refractivity contribution in [2.45, 2.75) is 59.8 Å². The summed E-state index contributed by atoms with van der Waals surface area (Å²) < 4.78 is 18.3. The number of hydrogen-bond donors (Lipinski definition) is 0. The standard InChI is InChI=1S/C14H29O2P/c1-5-8-11-17(15,12-9-6-2)14(4)13-16-10-7-3/h13H,5-12H2,1-4H3. The Morgan fingerprint density at radius 3 is 2.00 bits per heavy atom. The van der Waals surface area contributed by atoms with Crippen LogP contribution in [0.5, 0.6) is 0 Å². The van der Waals surface area contributed by atoms with E-state index in [2.05, 4.69) is 20.8 Å². The number of rotatable bonds is 10. The van der Waals surface area contributed by atoms with Crippen LogP contribution in [0, 0.1) is 0 Å². The van der Waals surface area contributed by atoms with E-state index in [1.165, 1.54) is 0 Å². The summed E-state index contributed by atoms with van der Waals surface area (Å²) in [5.74, 6) is 0. The van der Waals surface area contributed by atoms with Crippen LogP contribution in [0.3, 0.4) is 0 Å². The highest BCUT2D eigenvalue weighted by atomic mass is 31.2. The molecule has 0 saturated carbocycles. The third-order valence-electron chi connectivity index (χ3n) is 2.96. The fraction of sp³-hybridized carbons (Fsp3) is 0.857. The summed E-state index contributed by atoms with van der Waals surface area (Å²) in [7, 11) is -2.15. The molecule has 0 aliphatic rings. The zero-order valence-electron chi connectivity index (χ0n) is 12.0. The summed E-state index contributed by atoms with van der Waals surface area (Å²) in [5.41, 5.74) is 0. The van der Waals surface area contributed by atoms with Crippen LogP contribution < -0.4 is 0 Å². The minimum absolute atomic E-state index is 0.721. The molecule has 0 radical (unpaired) electrons. The zero-order valence-corrected chi connectivity index (χ0v) is 12.9. The Labute approximate surface area is 107 Å². The highest BCUT2D eigenvalue weighted by molar-refractivity contribution is 7.68. The summed E-state index contributed by atoms with van der Waals surface area (Å²) in [4.78, 5) is 0. The lowest BCUT2D eigenvalue weighted by atomic mass is 10.4. The van der Waals surface area contributed by atoms with Crippen molar-refractivity contribution in [2.75, 3.05) is 18.9 Å². The van der Waals surface area contributed by atoms with Gasteiger partial charge in [0.05, 0.1) is 12.9 Å². The molecule has 0 heterocycles. The van der Waals surface area contributed by atoms with Crippen molar-refractivity contribution in [1.82, 2.24) is 0 Å². The molecule has 2 nitrogen and oxygen atoms in total. The Hall–Kier alpha value is -0.230. The summed E-state index contributed by atoms with van der Waals surface area (Å²) in [6.45, 7) is 9.07. The highest BCUT2D eigenvalue weighted by Crippen LogP contribution is 2.54. The topological polar surface area (TPSA) is 26.3 Å². The van der Waals surface area contributed by atoms with Gasteiger partial charge in [-0.25, -0.2) is 0 Å². The van der Waals surface area contributed by atoms with Gasteiger partial charge in [0.15, 0.2) is 0 Å². The first-order valence-corrected chi connectivity index (χ1v) is 9.05. The van der Waals surface area contributed by atoms with Crippen LogP contribution in [0.25, 0.3) is 0 Å². The molecule has 0 spiro atoms. The van der Waals surface area contributed by atoms with Crippen molar-refractivity contribution in [1.29, 1.82) is 0 Å². The normalized spacial score (nSPS) is 12.8. The van der Waals surface area contributed by atoms with Gasteiger partial charge >= 0.3 is 0 Å². The Balaban J connectivity index is 4.52. The molecule has 3 heteroatoms. The zero-order chi connectivity index (χ0) is 13.1. The summed E-state index contributed by atoms with van der Waals surface area (Å²) in [5, 5.41) is 0.979. The van der Waals surface area contributed by atoms with Crippen molar-refractivity contribution in [3.63, 3.8) is 0 Å². The lowest BCUT2D eigenvalue weighted by Gasteiger charge is -2.18. The molecule has 0 N–H and O–H groups in total. The second-order valence-corrected chi connectivity index (χ2v) is 8.05. The summed E-state index contributed by atoms with van der Waals surface area (Å²) >= 11 is 0. The number of hydrogen-bond acceptors (Lipinski definition) is 2. The molecule has 0 aliphatic carbocycles. The summed E-state index contributed by atoms with van der Waals surface area (Å²) in [6.07, 6.45) is 8.77. The highest BCUT2D eigenvalue weighted by Gasteiger charge is 2.23. The van der Waals surface area contributed by atoms with Gasteiger partial charge in [-0.15, -0.1) is 0 Å². The van der Waals surface area contributed by atoms with Gasteiger partial charge < -0.3 is 9.30 Å². The van der Waals surface area contributed by atoms with Crippen LogP contribution in [0.2, 0.25) is 0 Å². The predicted octanol–water partition coefficient (Wildman–Crippen LogP) is 5.24. The van der Waals surface area contributed by atoms with E-state index in [1.54, 1.807) is 6.26 Å². The molecule has 0 unspecified atom stereocenters. The Morgan fingerprint density at radius 1 is 1.06 bits per heavy atom. The maximum Gasteiger partial charge on any atom is 0.114 e. The second kappa shape index (κ2) is 9.76. The van der Waals surface area contributed by atoms with Crippen LogP contribution >= 0.6 is 7.14 Å². The predicted molar refractivity (Wildman–Crippen MR) is 77.2 cm³/mol. The van der Waals surface area contributed by atoms with Crippen LogP contribution in [-0.2, 0) is 9.30 Å². The van der Waals surface area contributed by atoms with E-state index in [0.29, 0.717) is 0 Å². The van der Waals surface area contributed by atoms with Crippen molar-refractivity contribution in [2.24, 2.45) is 0 Å². The molecule has 0 rings (SSSR count). The molecule has 0 aromatic heterocycles. The molecule has 0 saturated heterocycles. The molecule has 0 aliphatic heterocycles. The van der Waals surface area contributed by atoms with Crippen molar-refractivity contribution < 1.29 is 9.30 Å². The van der Waals surface area contributed by atoms with Gasteiger partial charge in [-0.05, 0) is 26.2 Å². The van der Waals surface area contributed by atoms with E-state index >= 15 is 0 Å². The number of ether oxygens (including phenoxy) is 1. The van der Waals surface area contributed by atoms with E-state index < -0.39 is 7.14 Å². The van der Waals surface area contributed by atoms with Gasteiger partial charge in [-0.1, -0.05) is 33.6 Å². The Bertz CT molecular complexity index is 247. The maximum atomic E-state index is 12.9. The van der Waals surface area contributed by atoms with E-state index in [4.69, 9.17) is 4.74 Å². The van der Waals surface area contributed by atoms with Gasteiger partial charge in [0.25, 0.3) is 0 Å². The average Bonchev–Trinajstić information content (AvgIpc) is 2.34. The number of allylic oxidation sites excluding steroid dienone is 1. The molecule has 0 fully saturated rings. The SMILES string of the molecule is CCCCP(=O)(CCCC)C(C)=COCCC. The van der Waals surface area contributed by atoms with Crippen LogP contribution in [0.1, 0.15) is 59.8 Å². The maximum absolute atomic E-state index is 12.9. The quantitative estimate of drug-likeness (QED) is 0.305. The average molecular weight is 260 g/mol. The van der Waals surface area contributed by atoms with Crippen molar-refractivity contribution in [3.8, 4) is 0 Å². The molecule has 0 atom stereocenters. The fourth-order valence-electron chi connectivity index (χ4n) is 1.68. The fourth-order valence-corrected chi connectivity index (χ4v) is 4.53. The van der Waals surface area contributed by atoms with E-state index in [-0.39, 0.29) is 0 Å². The van der Waals surface area contributed by atoms with E-state index in [0.717, 1.165) is 56.3 Å². The molecule has 0 bridgehead atoms.